The summed E-state index contributed by atoms with van der Waals surface area (Å²) >= 11 is 0. The summed E-state index contributed by atoms with van der Waals surface area (Å²) in [4.78, 5) is 49.9. The highest BCUT2D eigenvalue weighted by atomic mass is 16.8. The van der Waals surface area contributed by atoms with E-state index in [-0.39, 0.29) is 57.4 Å². The van der Waals surface area contributed by atoms with E-state index in [9.17, 15) is 65.1 Å². The van der Waals surface area contributed by atoms with Gasteiger partial charge in [0.1, 0.15) is 92.1 Å². The van der Waals surface area contributed by atoms with Crippen LogP contribution in [0.5, 0.6) is 5.75 Å². The highest BCUT2D eigenvalue weighted by Crippen LogP contribution is 2.33. The number of ketones is 1. The first-order chi connectivity index (χ1) is 36.6. The lowest BCUT2D eigenvalue weighted by molar-refractivity contribution is -0.376. The predicted molar refractivity (Wildman–Crippen MR) is 263 cm³/mol. The number of benzene rings is 3. The van der Waals surface area contributed by atoms with Crippen molar-refractivity contribution in [3.63, 3.8) is 0 Å². The van der Waals surface area contributed by atoms with Crippen molar-refractivity contribution in [2.45, 2.75) is 138 Å². The van der Waals surface area contributed by atoms with Gasteiger partial charge in [0.05, 0.1) is 38.5 Å². The van der Waals surface area contributed by atoms with E-state index in [1.54, 1.807) is 30.3 Å². The van der Waals surface area contributed by atoms with Gasteiger partial charge in [0.2, 0.25) is 11.8 Å². The summed E-state index contributed by atoms with van der Waals surface area (Å²) in [5.74, 6) is -0.826. The number of aliphatic hydroxyl groups is 9. The number of carbonyl (C=O) groups excluding carboxylic acids is 4. The summed E-state index contributed by atoms with van der Waals surface area (Å²) in [6, 6.07) is 22.5. The van der Waals surface area contributed by atoms with Crippen molar-refractivity contribution < 1.29 is 103 Å². The van der Waals surface area contributed by atoms with Crippen LogP contribution in [-0.4, -0.2) is 214 Å². The Morgan fingerprint density at radius 3 is 1.99 bits per heavy atom. The first-order valence-electron chi connectivity index (χ1n) is 25.2. The molecular formula is C52H71N3O21. The molecule has 3 aromatic carbocycles. The first-order valence-corrected chi connectivity index (χ1v) is 25.2. The Balaban J connectivity index is 0.847. The van der Waals surface area contributed by atoms with Gasteiger partial charge in [0.15, 0.2) is 24.7 Å². The van der Waals surface area contributed by atoms with Crippen molar-refractivity contribution in [1.29, 1.82) is 0 Å². The lowest BCUT2D eigenvalue weighted by Crippen LogP contribution is -2.68. The molecule has 3 aliphatic rings. The molecular weight excluding hydrogens is 1000 g/mol. The van der Waals surface area contributed by atoms with Gasteiger partial charge in [-0.05, 0) is 66.8 Å². The molecule has 3 aromatic rings. The molecule has 0 saturated carbocycles. The number of aliphatic hydroxyl groups excluding tert-OH is 9. The van der Waals surface area contributed by atoms with Gasteiger partial charge in [0, 0.05) is 19.9 Å². The van der Waals surface area contributed by atoms with Gasteiger partial charge in [-0.15, -0.1) is 0 Å². The zero-order chi connectivity index (χ0) is 54.7. The molecule has 0 aliphatic carbocycles. The number of Topliss-reactive ketones (excluding diaryl/α,β-unsaturated/α-hetero) is 1. The molecule has 2 amide bonds. The van der Waals surface area contributed by atoms with E-state index in [0.29, 0.717) is 24.3 Å². The second-order valence-electron chi connectivity index (χ2n) is 18.6. The van der Waals surface area contributed by atoms with Crippen molar-refractivity contribution in [3.8, 4) is 16.9 Å². The number of carbonyl (C=O) groups is 4. The third kappa shape index (κ3) is 16.9. The van der Waals surface area contributed by atoms with Crippen LogP contribution in [0.2, 0.25) is 0 Å². The largest absolute Gasteiger partial charge is 0.486 e. The molecule has 76 heavy (non-hydrogen) atoms. The number of amides is 2. The van der Waals surface area contributed by atoms with E-state index in [0.717, 1.165) is 29.5 Å². The van der Waals surface area contributed by atoms with Crippen LogP contribution in [0.25, 0.3) is 11.1 Å². The van der Waals surface area contributed by atoms with E-state index >= 15 is 0 Å². The third-order valence-electron chi connectivity index (χ3n) is 12.9. The van der Waals surface area contributed by atoms with Crippen LogP contribution >= 0.6 is 0 Å². The fourth-order valence-corrected chi connectivity index (χ4v) is 8.70. The Morgan fingerprint density at radius 2 is 1.29 bits per heavy atom. The van der Waals surface area contributed by atoms with E-state index in [1.165, 1.54) is 6.92 Å². The number of unbranched alkanes of at least 4 members (excludes halogenated alkanes) is 2. The van der Waals surface area contributed by atoms with Gasteiger partial charge in [-0.2, -0.15) is 0 Å². The van der Waals surface area contributed by atoms with Crippen molar-refractivity contribution in [2.24, 2.45) is 0 Å². The molecule has 24 heteroatoms. The van der Waals surface area contributed by atoms with Crippen molar-refractivity contribution in [3.05, 3.63) is 90.0 Å². The maximum Gasteiger partial charge on any atom is 0.338 e. The summed E-state index contributed by atoms with van der Waals surface area (Å²) in [6.07, 6.45) is -20.9. The van der Waals surface area contributed by atoms with Gasteiger partial charge in [-0.1, -0.05) is 61.0 Å². The average molecular weight is 1070 g/mol. The van der Waals surface area contributed by atoms with Crippen LogP contribution in [-0.2, 0) is 54.1 Å². The molecule has 3 fully saturated rings. The van der Waals surface area contributed by atoms with E-state index in [4.69, 9.17) is 37.9 Å². The molecule has 15 atom stereocenters. The number of ether oxygens (including phenoxy) is 8. The lowest BCUT2D eigenvalue weighted by Gasteiger charge is -2.48. The summed E-state index contributed by atoms with van der Waals surface area (Å²) in [5, 5.41) is 103. The maximum atomic E-state index is 12.7. The maximum absolute atomic E-state index is 12.7. The molecule has 3 heterocycles. The Kier molecular flexibility index (Phi) is 23.9. The molecule has 420 valence electrons. The van der Waals surface area contributed by atoms with Crippen LogP contribution in [0.1, 0.15) is 54.9 Å². The van der Waals surface area contributed by atoms with Gasteiger partial charge >= 0.3 is 5.97 Å². The van der Waals surface area contributed by atoms with Crippen LogP contribution in [0, 0.1) is 0 Å². The highest BCUT2D eigenvalue weighted by molar-refractivity contribution is 5.91. The zero-order valence-electron chi connectivity index (χ0n) is 42.0. The first kappa shape index (κ1) is 60.1. The van der Waals surface area contributed by atoms with E-state index in [2.05, 4.69) is 16.0 Å². The second kappa shape index (κ2) is 30.2. The molecule has 24 nitrogen and oxygen atoms in total. The number of rotatable bonds is 28. The van der Waals surface area contributed by atoms with Gasteiger partial charge < -0.3 is 99.8 Å². The number of hydrogen-bond donors (Lipinski definition) is 12. The van der Waals surface area contributed by atoms with Crippen molar-refractivity contribution in [2.75, 3.05) is 52.7 Å². The standard InChI is InChI=1S/C52H71N3O21/c1-29(59)55-40-43(64)47(75-52-46(67)48(42(63)37(25-57)73-52)76-51-45(66)44(65)41(62)36(24-56)72-51)38(26-58)74-50(40)69-21-9-20-54-39(61)14-6-3-7-19-53-23-34(60)28-70-35-17-15-31(16-18-35)32-12-8-13-33(22-32)49(68)71-27-30-10-4-2-5-11-30/h2,4-5,8,10-13,15-18,22,36-38,40-48,50-53,56-58,62-67H,3,6-7,9,14,19-21,23-28H2,1H3,(H,54,61)(H,55,59)/t36?,37?,38?,40?,41-,42-,43?,44?,45?,46?,47+,48?,50+,51+,52-/m0/s1. The topological polar surface area (TPSA) is 360 Å². The van der Waals surface area contributed by atoms with E-state index < -0.39 is 124 Å². The molecule has 0 spiro atoms. The van der Waals surface area contributed by atoms with Gasteiger partial charge in [0.25, 0.3) is 0 Å². The molecule has 0 aromatic heterocycles. The third-order valence-corrected chi connectivity index (χ3v) is 12.9. The molecule has 12 N–H and O–H groups in total. The van der Waals surface area contributed by atoms with Crippen LogP contribution < -0.4 is 20.7 Å². The minimum Gasteiger partial charge on any atom is -0.486 e. The monoisotopic (exact) mass is 1070 g/mol. The molecule has 0 radical (unpaired) electrons. The normalized spacial score (nSPS) is 29.5. The number of hydrogen-bond acceptors (Lipinski definition) is 22. The average Bonchev–Trinajstić information content (AvgIpc) is 3.43. The molecule has 6 rings (SSSR count). The fourth-order valence-electron chi connectivity index (χ4n) is 8.70. The summed E-state index contributed by atoms with van der Waals surface area (Å²) in [6.45, 7) is -0.315. The Hall–Kier alpha value is -5.10. The van der Waals surface area contributed by atoms with Gasteiger partial charge in [-0.3, -0.25) is 14.4 Å². The van der Waals surface area contributed by atoms with Crippen LogP contribution in [0.15, 0.2) is 78.9 Å². The summed E-state index contributed by atoms with van der Waals surface area (Å²) < 4.78 is 45.3. The molecule has 3 aliphatic heterocycles. The predicted octanol–water partition coefficient (Wildman–Crippen LogP) is -2.08. The van der Waals surface area contributed by atoms with Crippen molar-refractivity contribution >= 4 is 23.6 Å². The summed E-state index contributed by atoms with van der Waals surface area (Å²) in [5.41, 5.74) is 3.02. The van der Waals surface area contributed by atoms with Crippen molar-refractivity contribution in [1.82, 2.24) is 16.0 Å². The smallest absolute Gasteiger partial charge is 0.338 e. The van der Waals surface area contributed by atoms with Crippen LogP contribution in [0.3, 0.4) is 0 Å². The molecule has 0 bridgehead atoms. The second-order valence-corrected chi connectivity index (χ2v) is 18.6. The van der Waals surface area contributed by atoms with E-state index in [1.807, 2.05) is 48.5 Å². The number of nitrogens with one attached hydrogen (secondary N) is 3. The fraction of sp³-hybridized carbons (Fsp3) is 0.577. The highest BCUT2D eigenvalue weighted by Gasteiger charge is 2.54. The minimum atomic E-state index is -1.96. The Bertz CT molecular complexity index is 2260. The minimum absolute atomic E-state index is 0.0252. The Morgan fingerprint density at radius 1 is 0.618 bits per heavy atom. The quantitative estimate of drug-likeness (QED) is 0.0274. The SMILES string of the molecule is CC(=O)NC1C(O)[C@H](O[C@@H]2OC(CO)[C@H](O)C(O[C@H]3OC(CO)[C@H](O)C(O)C3O)C2O)C(CO)O[C@H]1OCCCNC(=O)CCCCCNCC(=O)COc1ccc(-c2cccc(C(=O)OCc3ccccc3)c2)cc1. The number of esters is 1. The summed E-state index contributed by atoms with van der Waals surface area (Å²) in [7, 11) is 0. The Labute approximate surface area is 438 Å². The molecule has 3 saturated heterocycles. The lowest BCUT2D eigenvalue weighted by atomic mass is 9.95. The zero-order valence-corrected chi connectivity index (χ0v) is 42.0. The van der Waals surface area contributed by atoms with Crippen LogP contribution in [0.4, 0.5) is 0 Å². The van der Waals surface area contributed by atoms with Gasteiger partial charge in [-0.25, -0.2) is 4.79 Å². The molecule has 9 unspecified atom stereocenters.